The van der Waals surface area contributed by atoms with Crippen molar-refractivity contribution in [2.24, 2.45) is 5.73 Å². The van der Waals surface area contributed by atoms with Crippen LogP contribution < -0.4 is 11.1 Å². The number of nitrogens with one attached hydrogen (secondary N) is 1. The molecule has 4 N–H and O–H groups in total. The predicted molar refractivity (Wildman–Crippen MR) is 54.7 cm³/mol. The lowest BCUT2D eigenvalue weighted by Crippen LogP contribution is -2.64. The molecule has 0 saturated carbocycles. The molecule has 0 aromatic rings. The lowest BCUT2D eigenvalue weighted by atomic mass is 10.0. The summed E-state index contributed by atoms with van der Waals surface area (Å²) in [4.78, 5) is 22.0. The summed E-state index contributed by atoms with van der Waals surface area (Å²) in [6.07, 6.45) is -5.15. The number of carbonyl (C=O) groups excluding carboxylic acids is 1. The average molecular weight is 272 g/mol. The molecule has 0 aliphatic rings. The van der Waals surface area contributed by atoms with Crippen molar-refractivity contribution < 1.29 is 32.6 Å². The summed E-state index contributed by atoms with van der Waals surface area (Å²) >= 11 is 0. The first-order chi connectivity index (χ1) is 8.06. The maximum Gasteiger partial charge on any atom is 0.422 e. The molecule has 0 spiro atoms. The van der Waals surface area contributed by atoms with Gasteiger partial charge < -0.3 is 20.9 Å². The van der Waals surface area contributed by atoms with Crippen molar-refractivity contribution in [1.29, 1.82) is 0 Å². The smallest absolute Gasteiger partial charge is 0.422 e. The fourth-order valence-electron chi connectivity index (χ4n) is 0.961. The van der Waals surface area contributed by atoms with Crippen molar-refractivity contribution >= 4 is 11.9 Å². The zero-order chi connectivity index (χ0) is 14.6. The Hall–Kier alpha value is -1.35. The van der Waals surface area contributed by atoms with Crippen LogP contribution in [0.2, 0.25) is 0 Å². The Bertz CT molecular complexity index is 321. The van der Waals surface area contributed by atoms with Crippen LogP contribution in [0, 0.1) is 0 Å². The molecule has 0 radical (unpaired) electrons. The van der Waals surface area contributed by atoms with E-state index in [1.165, 1.54) is 12.4 Å². The number of nitrogens with two attached hydrogens (primary N) is 1. The summed E-state index contributed by atoms with van der Waals surface area (Å²) in [7, 11) is 1.34. The van der Waals surface area contributed by atoms with Crippen LogP contribution in [-0.2, 0) is 14.3 Å². The number of alkyl halides is 3. The molecular weight excluding hydrogens is 257 g/mol. The van der Waals surface area contributed by atoms with E-state index in [4.69, 9.17) is 10.8 Å². The summed E-state index contributed by atoms with van der Waals surface area (Å²) < 4.78 is 42.3. The number of methoxy groups -OCH3 is 1. The Kier molecular flexibility index (Phi) is 5.55. The van der Waals surface area contributed by atoms with E-state index in [1.54, 1.807) is 0 Å². The molecule has 106 valence electrons. The first kappa shape index (κ1) is 16.6. The highest BCUT2D eigenvalue weighted by molar-refractivity contribution is 5.89. The summed E-state index contributed by atoms with van der Waals surface area (Å²) in [6, 6.07) is -1.27. The van der Waals surface area contributed by atoms with Gasteiger partial charge in [-0.3, -0.25) is 4.79 Å². The first-order valence-corrected chi connectivity index (χ1v) is 4.93. The summed E-state index contributed by atoms with van der Waals surface area (Å²) in [5, 5.41) is 9.97. The number of carbonyl (C=O) groups is 2. The third-order valence-electron chi connectivity index (χ3n) is 2.34. The molecule has 9 heteroatoms. The van der Waals surface area contributed by atoms with Crippen molar-refractivity contribution in [3.8, 4) is 0 Å². The van der Waals surface area contributed by atoms with Gasteiger partial charge in [-0.15, -0.1) is 0 Å². The van der Waals surface area contributed by atoms with Crippen molar-refractivity contribution in [3.63, 3.8) is 0 Å². The van der Waals surface area contributed by atoms with E-state index >= 15 is 0 Å². The van der Waals surface area contributed by atoms with Gasteiger partial charge >= 0.3 is 12.1 Å². The van der Waals surface area contributed by atoms with Gasteiger partial charge in [-0.05, 0) is 13.3 Å². The van der Waals surface area contributed by atoms with Crippen LogP contribution in [0.4, 0.5) is 13.2 Å². The van der Waals surface area contributed by atoms with Crippen molar-refractivity contribution in [1.82, 2.24) is 5.32 Å². The van der Waals surface area contributed by atoms with Crippen molar-refractivity contribution in [3.05, 3.63) is 0 Å². The minimum Gasteiger partial charge on any atom is -0.479 e. The van der Waals surface area contributed by atoms with E-state index in [9.17, 15) is 22.8 Å². The van der Waals surface area contributed by atoms with Gasteiger partial charge in [-0.25, -0.2) is 4.79 Å². The Morgan fingerprint density at radius 2 is 1.94 bits per heavy atom. The SMILES string of the molecule is COCCC(N)C(=O)NC(C)(C(=O)O)C(F)(F)F. The number of carboxylic acids is 1. The summed E-state index contributed by atoms with van der Waals surface area (Å²) in [5.41, 5.74) is 1.94. The number of halogens is 3. The lowest BCUT2D eigenvalue weighted by Gasteiger charge is -2.29. The monoisotopic (exact) mass is 272 g/mol. The third kappa shape index (κ3) is 3.84. The van der Waals surface area contributed by atoms with Gasteiger partial charge in [-0.1, -0.05) is 0 Å². The Balaban J connectivity index is 4.82. The number of amides is 1. The lowest BCUT2D eigenvalue weighted by molar-refractivity contribution is -0.207. The first-order valence-electron chi connectivity index (χ1n) is 4.93. The normalized spacial score (nSPS) is 16.8. The van der Waals surface area contributed by atoms with E-state index < -0.39 is 29.6 Å². The van der Waals surface area contributed by atoms with Crippen molar-refractivity contribution in [2.75, 3.05) is 13.7 Å². The van der Waals surface area contributed by atoms with Crippen LogP contribution in [0.25, 0.3) is 0 Å². The van der Waals surface area contributed by atoms with E-state index in [0.29, 0.717) is 6.92 Å². The molecule has 0 aromatic carbocycles. The molecule has 0 rings (SSSR count). The third-order valence-corrected chi connectivity index (χ3v) is 2.34. The molecular formula is C9H15F3N2O4. The maximum atomic E-state index is 12.6. The number of ether oxygens (including phenoxy) is 1. The highest BCUT2D eigenvalue weighted by Gasteiger charge is 2.58. The number of aliphatic carboxylic acids is 1. The molecule has 18 heavy (non-hydrogen) atoms. The molecule has 1 amide bonds. The van der Waals surface area contributed by atoms with Crippen LogP contribution in [0.15, 0.2) is 0 Å². The Labute approximate surface area is 101 Å². The zero-order valence-corrected chi connectivity index (χ0v) is 9.87. The highest BCUT2D eigenvalue weighted by atomic mass is 19.4. The summed E-state index contributed by atoms with van der Waals surface area (Å²) in [5.74, 6) is -3.41. The van der Waals surface area contributed by atoms with Gasteiger partial charge in [0.15, 0.2) is 0 Å². The topological polar surface area (TPSA) is 102 Å². The van der Waals surface area contributed by atoms with E-state index in [0.717, 1.165) is 0 Å². The van der Waals surface area contributed by atoms with Gasteiger partial charge in [0.05, 0.1) is 6.04 Å². The van der Waals surface area contributed by atoms with Crippen molar-refractivity contribution in [2.45, 2.75) is 31.1 Å². The fraction of sp³-hybridized carbons (Fsp3) is 0.778. The second-order valence-electron chi connectivity index (χ2n) is 3.81. The second kappa shape index (κ2) is 6.01. The number of hydrogen-bond acceptors (Lipinski definition) is 4. The van der Waals surface area contributed by atoms with Gasteiger partial charge in [0.2, 0.25) is 11.4 Å². The minimum atomic E-state index is -5.13. The quantitative estimate of drug-likeness (QED) is 0.625. The molecule has 0 heterocycles. The molecule has 0 bridgehead atoms. The van der Waals surface area contributed by atoms with Gasteiger partial charge in [0.1, 0.15) is 0 Å². The van der Waals surface area contributed by atoms with Crippen LogP contribution in [-0.4, -0.2) is 48.5 Å². The van der Waals surface area contributed by atoms with Gasteiger partial charge in [0.25, 0.3) is 0 Å². The van der Waals surface area contributed by atoms with Crippen LogP contribution >= 0.6 is 0 Å². The van der Waals surface area contributed by atoms with Crippen LogP contribution in [0.5, 0.6) is 0 Å². The standard InChI is InChI=1S/C9H15F3N2O4/c1-8(7(16)17,9(10,11)12)14-6(15)5(13)3-4-18-2/h5H,3-4,13H2,1-2H3,(H,14,15)(H,16,17). The predicted octanol–water partition coefficient (Wildman–Crippen LogP) is -0.128. The second-order valence-corrected chi connectivity index (χ2v) is 3.81. The molecule has 6 nitrogen and oxygen atoms in total. The van der Waals surface area contributed by atoms with Gasteiger partial charge in [-0.2, -0.15) is 13.2 Å². The molecule has 0 fully saturated rings. The molecule has 2 unspecified atom stereocenters. The molecule has 0 aliphatic heterocycles. The van der Waals surface area contributed by atoms with Crippen LogP contribution in [0.1, 0.15) is 13.3 Å². The number of carboxylic acid groups (broad SMARTS) is 1. The zero-order valence-electron chi connectivity index (χ0n) is 9.87. The fourth-order valence-corrected chi connectivity index (χ4v) is 0.961. The van der Waals surface area contributed by atoms with Gasteiger partial charge in [0, 0.05) is 13.7 Å². The van der Waals surface area contributed by atoms with E-state index in [2.05, 4.69) is 4.74 Å². The molecule has 0 aromatic heterocycles. The number of hydrogen-bond donors (Lipinski definition) is 3. The minimum absolute atomic E-state index is 0.0180. The van der Waals surface area contributed by atoms with E-state index in [1.807, 2.05) is 0 Å². The molecule has 0 aliphatic carbocycles. The largest absolute Gasteiger partial charge is 0.479 e. The Morgan fingerprint density at radius 1 is 1.44 bits per heavy atom. The van der Waals surface area contributed by atoms with Crippen LogP contribution in [0.3, 0.4) is 0 Å². The molecule has 0 saturated heterocycles. The summed E-state index contributed by atoms with van der Waals surface area (Å²) in [6.45, 7) is 0.431. The maximum absolute atomic E-state index is 12.6. The number of rotatable bonds is 6. The Morgan fingerprint density at radius 3 is 2.28 bits per heavy atom. The average Bonchev–Trinajstić information content (AvgIpc) is 2.23. The highest BCUT2D eigenvalue weighted by Crippen LogP contribution is 2.30. The molecule has 2 atom stereocenters. The van der Waals surface area contributed by atoms with E-state index in [-0.39, 0.29) is 13.0 Å².